The van der Waals surface area contributed by atoms with Crippen molar-refractivity contribution < 1.29 is 0 Å². The first-order valence-corrected chi connectivity index (χ1v) is 13.1. The summed E-state index contributed by atoms with van der Waals surface area (Å²) in [5, 5.41) is 1.12. The van der Waals surface area contributed by atoms with Crippen LogP contribution >= 0.6 is 34.2 Å². The van der Waals surface area contributed by atoms with E-state index < -0.39 is 0 Å². The van der Waals surface area contributed by atoms with Crippen molar-refractivity contribution in [3.05, 3.63) is 31.9 Å². The summed E-state index contributed by atoms with van der Waals surface area (Å²) in [6.45, 7) is 14.5. The predicted molar refractivity (Wildman–Crippen MR) is 132 cm³/mol. The van der Waals surface area contributed by atoms with Gasteiger partial charge in [-0.1, -0.05) is 66.0 Å². The molecule has 0 N–H and O–H groups in total. The molecule has 2 heteroatoms. The average molecular weight is 515 g/mol. The van der Waals surface area contributed by atoms with Crippen molar-refractivity contribution >= 4 is 34.2 Å². The van der Waals surface area contributed by atoms with Gasteiger partial charge in [0.05, 0.1) is 0 Å². The lowest BCUT2D eigenvalue weighted by molar-refractivity contribution is 0.193. The van der Waals surface area contributed by atoms with Crippen molar-refractivity contribution in [3.63, 3.8) is 0 Å². The summed E-state index contributed by atoms with van der Waals surface area (Å²) >= 11 is 9.82. The van der Waals surface area contributed by atoms with Gasteiger partial charge in [-0.15, -0.1) is 0 Å². The minimum atomic E-state index is 0.628. The van der Waals surface area contributed by atoms with Crippen LogP contribution in [0.1, 0.15) is 103 Å². The van der Waals surface area contributed by atoms with Crippen molar-refractivity contribution in [3.8, 4) is 0 Å². The summed E-state index contributed by atoms with van der Waals surface area (Å²) in [5.74, 6) is 5.88. The first kappa shape index (κ1) is 22.9. The third-order valence-electron chi connectivity index (χ3n) is 7.94. The zero-order chi connectivity index (χ0) is 20.6. The van der Waals surface area contributed by atoms with E-state index in [0.717, 1.165) is 40.5 Å². The van der Waals surface area contributed by atoms with Crippen molar-refractivity contribution in [1.29, 1.82) is 0 Å². The summed E-state index contributed by atoms with van der Waals surface area (Å²) in [7, 11) is 0. The Bertz CT molecular complexity index is 611. The fourth-order valence-corrected chi connectivity index (χ4v) is 7.35. The van der Waals surface area contributed by atoms with Gasteiger partial charge < -0.3 is 0 Å². The Morgan fingerprint density at radius 1 is 0.786 bits per heavy atom. The Labute approximate surface area is 192 Å². The van der Waals surface area contributed by atoms with Crippen LogP contribution in [0.4, 0.5) is 0 Å². The third kappa shape index (κ3) is 4.93. The highest BCUT2D eigenvalue weighted by atomic mass is 127. The molecule has 2 fully saturated rings. The largest absolute Gasteiger partial charge is 0.0837 e. The van der Waals surface area contributed by atoms with Crippen LogP contribution in [0.25, 0.3) is 0 Å². The number of rotatable bonds is 4. The van der Waals surface area contributed by atoms with E-state index >= 15 is 0 Å². The molecule has 6 unspecified atom stereocenters. The van der Waals surface area contributed by atoms with Crippen molar-refractivity contribution in [2.75, 3.05) is 0 Å². The van der Waals surface area contributed by atoms with Gasteiger partial charge in [0.15, 0.2) is 0 Å². The van der Waals surface area contributed by atoms with Crippen LogP contribution in [0.3, 0.4) is 0 Å². The molecule has 0 aliphatic heterocycles. The molecule has 0 amide bonds. The molecule has 0 saturated heterocycles. The Kier molecular flexibility index (Phi) is 7.84. The monoisotopic (exact) mass is 514 g/mol. The highest BCUT2D eigenvalue weighted by Crippen LogP contribution is 2.51. The molecule has 0 radical (unpaired) electrons. The average Bonchev–Trinajstić information content (AvgIpc) is 2.62. The highest BCUT2D eigenvalue weighted by molar-refractivity contribution is 14.1. The lowest BCUT2D eigenvalue weighted by Gasteiger charge is -2.41. The molecular formula is C26H40ClI. The second-order valence-corrected chi connectivity index (χ2v) is 12.4. The maximum Gasteiger partial charge on any atom is 0.0476 e. The molecule has 158 valence electrons. The fourth-order valence-electron chi connectivity index (χ4n) is 6.29. The van der Waals surface area contributed by atoms with E-state index in [1.807, 2.05) is 0 Å². The molecule has 6 atom stereocenters. The summed E-state index contributed by atoms with van der Waals surface area (Å²) in [5.41, 5.74) is 2.93. The van der Waals surface area contributed by atoms with Crippen LogP contribution in [0, 0.1) is 39.1 Å². The number of halogens is 2. The molecule has 2 aliphatic carbocycles. The molecule has 1 aromatic carbocycles. The summed E-state index contributed by atoms with van der Waals surface area (Å²) in [4.78, 5) is 0. The van der Waals surface area contributed by atoms with Crippen LogP contribution in [0.15, 0.2) is 12.1 Å². The van der Waals surface area contributed by atoms with E-state index in [2.05, 4.69) is 76.3 Å². The molecule has 28 heavy (non-hydrogen) atoms. The Balaban J connectivity index is 2.03. The van der Waals surface area contributed by atoms with Gasteiger partial charge in [0.2, 0.25) is 0 Å². The SMILES string of the molecule is CC1CCC(C(C)C)C(c2cc(I)cc(C3CC(C)CCC3C(C)C)c2Cl)C1. The van der Waals surface area contributed by atoms with Crippen molar-refractivity contribution in [2.45, 2.75) is 91.9 Å². The Hall–Kier alpha value is 0.240. The lowest BCUT2D eigenvalue weighted by atomic mass is 9.65. The molecule has 0 nitrogen and oxygen atoms in total. The smallest absolute Gasteiger partial charge is 0.0476 e. The van der Waals surface area contributed by atoms with E-state index in [1.165, 1.54) is 53.2 Å². The molecular weight excluding hydrogens is 475 g/mol. The standard InChI is InChI=1S/C26H40ClI/c1-15(2)20-9-7-17(5)11-22(20)24-13-19(28)14-25(26(24)27)23-12-18(6)8-10-21(23)16(3)4/h13-18,20-23H,7-12H2,1-6H3. The van der Waals surface area contributed by atoms with Gasteiger partial charge in [0.25, 0.3) is 0 Å². The maximum absolute atomic E-state index is 7.28. The van der Waals surface area contributed by atoms with Crippen LogP contribution < -0.4 is 0 Å². The molecule has 0 bridgehead atoms. The Morgan fingerprint density at radius 3 is 1.54 bits per heavy atom. The van der Waals surface area contributed by atoms with E-state index in [0.29, 0.717) is 11.8 Å². The van der Waals surface area contributed by atoms with Crippen LogP contribution in [-0.2, 0) is 0 Å². The fraction of sp³-hybridized carbons (Fsp3) is 0.769. The van der Waals surface area contributed by atoms with Gasteiger partial charge in [-0.05, 0) is 119 Å². The molecule has 1 aromatic rings. The Morgan fingerprint density at radius 2 is 1.18 bits per heavy atom. The van der Waals surface area contributed by atoms with Crippen LogP contribution in [0.5, 0.6) is 0 Å². The molecule has 2 saturated carbocycles. The molecule has 0 spiro atoms. The van der Waals surface area contributed by atoms with Crippen molar-refractivity contribution in [2.24, 2.45) is 35.5 Å². The topological polar surface area (TPSA) is 0 Å². The summed E-state index contributed by atoms with van der Waals surface area (Å²) in [6.07, 6.45) is 8.08. The zero-order valence-corrected chi connectivity index (χ0v) is 21.7. The van der Waals surface area contributed by atoms with E-state index in [1.54, 1.807) is 0 Å². The normalized spacial score (nSPS) is 34.2. The number of benzene rings is 1. The first-order chi connectivity index (χ1) is 13.2. The number of hydrogen-bond acceptors (Lipinski definition) is 0. The zero-order valence-electron chi connectivity index (χ0n) is 18.8. The first-order valence-electron chi connectivity index (χ1n) is 11.7. The maximum atomic E-state index is 7.28. The van der Waals surface area contributed by atoms with E-state index in [9.17, 15) is 0 Å². The minimum Gasteiger partial charge on any atom is -0.0837 e. The van der Waals surface area contributed by atoms with Gasteiger partial charge >= 0.3 is 0 Å². The molecule has 2 aliphatic rings. The van der Waals surface area contributed by atoms with Crippen LogP contribution in [-0.4, -0.2) is 0 Å². The van der Waals surface area contributed by atoms with E-state index in [-0.39, 0.29) is 0 Å². The minimum absolute atomic E-state index is 0.628. The van der Waals surface area contributed by atoms with Gasteiger partial charge in [0.1, 0.15) is 0 Å². The van der Waals surface area contributed by atoms with E-state index in [4.69, 9.17) is 11.6 Å². The molecule has 0 aromatic heterocycles. The van der Waals surface area contributed by atoms with Crippen molar-refractivity contribution in [1.82, 2.24) is 0 Å². The van der Waals surface area contributed by atoms with Gasteiger partial charge in [-0.2, -0.15) is 0 Å². The molecule has 3 rings (SSSR count). The van der Waals surface area contributed by atoms with Gasteiger partial charge in [0, 0.05) is 8.59 Å². The second kappa shape index (κ2) is 9.58. The molecule has 0 heterocycles. The van der Waals surface area contributed by atoms with Gasteiger partial charge in [-0.25, -0.2) is 0 Å². The quantitative estimate of drug-likeness (QED) is 0.351. The highest BCUT2D eigenvalue weighted by Gasteiger charge is 2.37. The van der Waals surface area contributed by atoms with Gasteiger partial charge in [-0.3, -0.25) is 0 Å². The van der Waals surface area contributed by atoms with Crippen LogP contribution in [0.2, 0.25) is 5.02 Å². The second-order valence-electron chi connectivity index (χ2n) is 10.8. The lowest BCUT2D eigenvalue weighted by Crippen LogP contribution is -2.28. The number of hydrogen-bond donors (Lipinski definition) is 0. The third-order valence-corrected chi connectivity index (χ3v) is 9.00. The summed E-state index contributed by atoms with van der Waals surface area (Å²) in [6, 6.07) is 4.84. The predicted octanol–water partition coefficient (Wildman–Crippen LogP) is 9.30. The summed E-state index contributed by atoms with van der Waals surface area (Å²) < 4.78 is 1.38.